The Morgan fingerprint density at radius 3 is 2.74 bits per heavy atom. The predicted molar refractivity (Wildman–Crippen MR) is 117 cm³/mol. The minimum Gasteiger partial charge on any atom is -0.411 e. The number of halogens is 3. The van der Waals surface area contributed by atoms with Crippen LogP contribution in [0.15, 0.2) is 30.2 Å². The molecule has 0 atom stereocenters. The fraction of sp³-hybridized carbons (Fsp3) is 0.450. The first-order chi connectivity index (χ1) is 16.3. The van der Waals surface area contributed by atoms with Gasteiger partial charge in [0, 0.05) is 38.9 Å². The summed E-state index contributed by atoms with van der Waals surface area (Å²) in [4.78, 5) is 38.2. The molecule has 1 aromatic carbocycles. The molecule has 11 nitrogen and oxygen atoms in total. The van der Waals surface area contributed by atoms with E-state index in [4.69, 9.17) is 4.74 Å². The van der Waals surface area contributed by atoms with Crippen molar-refractivity contribution >= 4 is 29.4 Å². The summed E-state index contributed by atoms with van der Waals surface area (Å²) >= 11 is 0. The van der Waals surface area contributed by atoms with Crippen LogP contribution in [0.5, 0.6) is 0 Å². The highest BCUT2D eigenvalue weighted by Crippen LogP contribution is 2.28. The standard InChI is InChI=1S/C20H26F3N7O4/c1-24-4-5-25-19(32)30-9-8-28(7-6-27-30)16-3-2-13(10-15(16)21)29-12-14(34-20(29)33)11-26-18(31)17(22)23/h2-3,10-11,17,24,27H,4-9,12H2,1H3,(H,25,32)(H,26,31)/b14-11-. The molecule has 0 spiro atoms. The maximum atomic E-state index is 15.0. The van der Waals surface area contributed by atoms with Gasteiger partial charge < -0.3 is 25.6 Å². The van der Waals surface area contributed by atoms with Crippen LogP contribution in [-0.4, -0.2) is 82.3 Å². The number of hydrazine groups is 1. The first-order valence-electron chi connectivity index (χ1n) is 10.5. The highest BCUT2D eigenvalue weighted by Gasteiger charge is 2.30. The topological polar surface area (TPSA) is 118 Å². The summed E-state index contributed by atoms with van der Waals surface area (Å²) in [5.41, 5.74) is 3.51. The van der Waals surface area contributed by atoms with Gasteiger partial charge in [-0.05, 0) is 25.2 Å². The van der Waals surface area contributed by atoms with Gasteiger partial charge in [-0.3, -0.25) is 14.7 Å². The average molecular weight is 485 g/mol. The quantitative estimate of drug-likeness (QED) is 0.417. The second kappa shape index (κ2) is 11.6. The fourth-order valence-corrected chi connectivity index (χ4v) is 3.36. The number of nitrogens with one attached hydrogen (secondary N) is 4. The molecule has 2 saturated heterocycles. The lowest BCUT2D eigenvalue weighted by Gasteiger charge is -2.24. The number of amides is 4. The zero-order valence-electron chi connectivity index (χ0n) is 18.4. The molecule has 14 heteroatoms. The molecule has 2 fully saturated rings. The van der Waals surface area contributed by atoms with Gasteiger partial charge >= 0.3 is 18.5 Å². The number of hydrogen-bond acceptors (Lipinski definition) is 7. The monoisotopic (exact) mass is 485 g/mol. The zero-order chi connectivity index (χ0) is 24.7. The van der Waals surface area contributed by atoms with Crippen molar-refractivity contribution in [3.8, 4) is 0 Å². The van der Waals surface area contributed by atoms with E-state index in [0.29, 0.717) is 45.0 Å². The normalized spacial score (nSPS) is 17.7. The summed E-state index contributed by atoms with van der Waals surface area (Å²) in [6.45, 7) is 2.51. The molecule has 4 N–H and O–H groups in total. The van der Waals surface area contributed by atoms with Gasteiger partial charge in [0.25, 0.3) is 5.91 Å². The molecule has 2 aliphatic heterocycles. The molecule has 0 aromatic heterocycles. The number of cyclic esters (lactones) is 1. The van der Waals surface area contributed by atoms with E-state index in [1.807, 2.05) is 5.32 Å². The lowest BCUT2D eigenvalue weighted by molar-refractivity contribution is -0.130. The third-order valence-corrected chi connectivity index (χ3v) is 5.08. The maximum Gasteiger partial charge on any atom is 0.419 e. The van der Waals surface area contributed by atoms with E-state index in [1.54, 1.807) is 11.9 Å². The molecular formula is C20H26F3N7O4. The van der Waals surface area contributed by atoms with Gasteiger partial charge in [-0.2, -0.15) is 8.78 Å². The van der Waals surface area contributed by atoms with Crippen molar-refractivity contribution in [2.75, 3.05) is 62.7 Å². The highest BCUT2D eigenvalue weighted by atomic mass is 19.3. The molecule has 3 rings (SSSR count). The van der Waals surface area contributed by atoms with Crippen LogP contribution in [0.2, 0.25) is 0 Å². The van der Waals surface area contributed by atoms with Gasteiger partial charge in [0.05, 0.1) is 24.5 Å². The predicted octanol–water partition coefficient (Wildman–Crippen LogP) is 0.561. The Labute approximate surface area is 193 Å². The average Bonchev–Trinajstić information content (AvgIpc) is 3.01. The molecule has 0 saturated carbocycles. The minimum atomic E-state index is -3.21. The first kappa shape index (κ1) is 25.1. The van der Waals surface area contributed by atoms with E-state index < -0.39 is 24.2 Å². The van der Waals surface area contributed by atoms with Crippen LogP contribution in [0.25, 0.3) is 0 Å². The smallest absolute Gasteiger partial charge is 0.411 e. The summed E-state index contributed by atoms with van der Waals surface area (Å²) in [5, 5.41) is 8.99. The lowest BCUT2D eigenvalue weighted by Crippen LogP contribution is -2.49. The summed E-state index contributed by atoms with van der Waals surface area (Å²) in [5.74, 6) is -2.17. The summed E-state index contributed by atoms with van der Waals surface area (Å²) in [6, 6.07) is 3.94. The number of hydrogen-bond donors (Lipinski definition) is 4. The molecule has 2 aliphatic rings. The number of alkyl halides is 2. The van der Waals surface area contributed by atoms with Crippen LogP contribution in [0.4, 0.5) is 34.1 Å². The number of carbonyl (C=O) groups is 3. The second-order valence-electron chi connectivity index (χ2n) is 7.39. The third-order valence-electron chi connectivity index (χ3n) is 5.08. The molecule has 0 unspecified atom stereocenters. The third kappa shape index (κ3) is 6.29. The Bertz CT molecular complexity index is 947. The van der Waals surface area contributed by atoms with Gasteiger partial charge in [0.1, 0.15) is 11.6 Å². The molecule has 0 aliphatic carbocycles. The second-order valence-corrected chi connectivity index (χ2v) is 7.39. The number of rotatable bonds is 7. The van der Waals surface area contributed by atoms with E-state index in [1.165, 1.54) is 17.1 Å². The van der Waals surface area contributed by atoms with Crippen molar-refractivity contribution in [3.05, 3.63) is 36.0 Å². The summed E-state index contributed by atoms with van der Waals surface area (Å²) in [7, 11) is 1.78. The van der Waals surface area contributed by atoms with Crippen molar-refractivity contribution in [2.24, 2.45) is 0 Å². The van der Waals surface area contributed by atoms with Crippen molar-refractivity contribution in [3.63, 3.8) is 0 Å². The SMILES string of the molecule is CNCCNC(=O)N1CCN(c2ccc(N3C/C(=C/NC(=O)C(F)F)OC3=O)cc2F)CCN1. The number of nitrogens with zero attached hydrogens (tertiary/aromatic N) is 3. The molecule has 186 valence electrons. The first-order valence-corrected chi connectivity index (χ1v) is 10.5. The minimum absolute atomic E-state index is 0.0600. The van der Waals surface area contributed by atoms with Crippen LogP contribution in [-0.2, 0) is 9.53 Å². The van der Waals surface area contributed by atoms with Gasteiger partial charge in [-0.15, -0.1) is 0 Å². The Hall–Kier alpha value is -3.52. The van der Waals surface area contributed by atoms with Crippen LogP contribution < -0.4 is 31.2 Å². The number of likely N-dealkylation sites (N-methyl/N-ethyl adjacent to an activating group) is 1. The Kier molecular flexibility index (Phi) is 8.54. The largest absolute Gasteiger partial charge is 0.419 e. The van der Waals surface area contributed by atoms with Crippen molar-refractivity contribution in [1.29, 1.82) is 0 Å². The molecule has 4 amide bonds. The fourth-order valence-electron chi connectivity index (χ4n) is 3.36. The molecule has 0 radical (unpaired) electrons. The lowest BCUT2D eigenvalue weighted by atomic mass is 10.2. The molecular weight excluding hydrogens is 459 g/mol. The number of urea groups is 1. The van der Waals surface area contributed by atoms with Crippen LogP contribution in [0.1, 0.15) is 0 Å². The van der Waals surface area contributed by atoms with Gasteiger partial charge in [0.15, 0.2) is 0 Å². The summed E-state index contributed by atoms with van der Waals surface area (Å²) in [6.07, 6.45) is -3.16. The van der Waals surface area contributed by atoms with Gasteiger partial charge in [0.2, 0.25) is 0 Å². The number of carbonyl (C=O) groups excluding carboxylic acids is 3. The van der Waals surface area contributed by atoms with Crippen molar-refractivity contribution in [1.82, 2.24) is 26.4 Å². The summed E-state index contributed by atoms with van der Waals surface area (Å²) < 4.78 is 44.4. The molecule has 34 heavy (non-hydrogen) atoms. The number of anilines is 2. The van der Waals surface area contributed by atoms with Gasteiger partial charge in [-0.1, -0.05) is 0 Å². The van der Waals surface area contributed by atoms with Crippen LogP contribution >= 0.6 is 0 Å². The number of benzene rings is 1. The molecule has 1 aromatic rings. The van der Waals surface area contributed by atoms with Crippen molar-refractivity contribution < 1.29 is 32.3 Å². The Balaban J connectivity index is 1.62. The zero-order valence-corrected chi connectivity index (χ0v) is 18.4. The molecule has 2 heterocycles. The van der Waals surface area contributed by atoms with E-state index in [0.717, 1.165) is 17.2 Å². The Morgan fingerprint density at radius 2 is 2.03 bits per heavy atom. The number of ether oxygens (including phenoxy) is 1. The van der Waals surface area contributed by atoms with E-state index in [9.17, 15) is 27.6 Å². The van der Waals surface area contributed by atoms with Crippen LogP contribution in [0, 0.1) is 5.82 Å². The van der Waals surface area contributed by atoms with Gasteiger partial charge in [-0.25, -0.2) is 19.4 Å². The van der Waals surface area contributed by atoms with Crippen LogP contribution in [0.3, 0.4) is 0 Å². The Morgan fingerprint density at radius 1 is 1.24 bits per heavy atom. The van der Waals surface area contributed by atoms with E-state index >= 15 is 0 Å². The molecule has 0 bridgehead atoms. The maximum absolute atomic E-state index is 15.0. The van der Waals surface area contributed by atoms with E-state index in [-0.39, 0.29) is 24.0 Å². The van der Waals surface area contributed by atoms with Crippen molar-refractivity contribution in [2.45, 2.75) is 6.43 Å². The highest BCUT2D eigenvalue weighted by molar-refractivity contribution is 5.91. The van der Waals surface area contributed by atoms with E-state index in [2.05, 4.69) is 16.1 Å².